The van der Waals surface area contributed by atoms with Crippen LogP contribution >= 0.6 is 0 Å². The normalized spacial score (nSPS) is 13.8. The molecule has 0 rings (SSSR count). The van der Waals surface area contributed by atoms with Gasteiger partial charge in [0.1, 0.15) is 13.2 Å². The van der Waals surface area contributed by atoms with E-state index in [-0.39, 0.29) is 38.6 Å². The van der Waals surface area contributed by atoms with E-state index >= 15 is 0 Å². The molecule has 95 heavy (non-hydrogen) atoms. The minimum atomic E-state index is -1.54. The molecule has 2 atom stereocenters. The topological polar surface area (TPSA) is 108 Å². The smallest absolute Gasteiger partial charge is 0.361 e. The summed E-state index contributed by atoms with van der Waals surface area (Å²) in [6.07, 6.45) is 111. The van der Waals surface area contributed by atoms with Crippen LogP contribution in [0.3, 0.4) is 0 Å². The van der Waals surface area contributed by atoms with Crippen LogP contribution in [0, 0.1) is 0 Å². The predicted octanol–water partition coefficient (Wildman–Crippen LogP) is 24.1. The van der Waals surface area contributed by atoms with Gasteiger partial charge in [0.15, 0.2) is 6.10 Å². The molecule has 0 heterocycles. The molecule has 0 spiro atoms. The summed E-state index contributed by atoms with van der Waals surface area (Å²) in [6.45, 7) is 4.57. The molecule has 9 nitrogen and oxygen atoms in total. The zero-order valence-corrected chi connectivity index (χ0v) is 61.0. The average Bonchev–Trinajstić information content (AvgIpc) is 2.86. The number of hydrogen-bond acceptors (Lipinski definition) is 7. The molecule has 0 amide bonds. The molecule has 534 valence electrons. The van der Waals surface area contributed by atoms with E-state index in [0.717, 1.165) is 122 Å². The number of hydrogen-bond donors (Lipinski definition) is 1. The second kappa shape index (κ2) is 73.9. The molecule has 9 heteroatoms. The van der Waals surface area contributed by atoms with Crippen molar-refractivity contribution in [3.8, 4) is 0 Å². The van der Waals surface area contributed by atoms with Gasteiger partial charge in [0.05, 0.1) is 34.4 Å². The molecule has 0 aliphatic heterocycles. The lowest BCUT2D eigenvalue weighted by Gasteiger charge is -2.25. The summed E-state index contributed by atoms with van der Waals surface area (Å²) >= 11 is 0. The first-order chi connectivity index (χ1) is 46.6. The Bertz CT molecular complexity index is 2270. The highest BCUT2D eigenvalue weighted by Crippen LogP contribution is 2.17. The fourth-order valence-electron chi connectivity index (χ4n) is 9.70. The molecule has 1 N–H and O–H groups in total. The zero-order valence-electron chi connectivity index (χ0n) is 61.0. The molecule has 0 saturated carbocycles. The van der Waals surface area contributed by atoms with Gasteiger partial charge in [-0.2, -0.15) is 0 Å². The van der Waals surface area contributed by atoms with Gasteiger partial charge < -0.3 is 28.5 Å². The van der Waals surface area contributed by atoms with Crippen molar-refractivity contribution in [1.29, 1.82) is 0 Å². The summed E-state index contributed by atoms with van der Waals surface area (Å²) < 4.78 is 22.9. The lowest BCUT2D eigenvalue weighted by Crippen LogP contribution is -2.40. The Labute approximate surface area is 582 Å². The van der Waals surface area contributed by atoms with Crippen molar-refractivity contribution >= 4 is 17.9 Å². The number of carbonyl (C=O) groups is 3. The molecule has 2 unspecified atom stereocenters. The summed E-state index contributed by atoms with van der Waals surface area (Å²) in [4.78, 5) is 37.6. The number of carboxylic acids is 1. The first-order valence-corrected chi connectivity index (χ1v) is 37.6. The Kier molecular flexibility index (Phi) is 69.4. The van der Waals surface area contributed by atoms with E-state index in [4.69, 9.17) is 18.9 Å². The molecule has 0 aromatic rings. The molecule has 0 aromatic heterocycles. The van der Waals surface area contributed by atoms with Crippen molar-refractivity contribution in [3.05, 3.63) is 194 Å². The average molecular weight is 1310 g/mol. The standard InChI is InChI=1S/C86H137NO8/c1-6-8-10-12-14-16-18-20-22-24-26-28-30-32-34-36-37-38-39-40-41-42-43-44-45-46-47-49-50-52-54-56-58-60-62-64-66-68-70-72-74-76-83(88)93-80-82(81-94-86(85(90)91)92-79-78-87(3,4)5)95-84(89)77-75-73-71-69-67-65-63-61-59-57-55-53-51-48-35-33-31-29-27-25-23-21-19-17-15-13-11-9-7-2/h8-11,14-17,20-23,26-29,32-35,37-38,40-41,51,53,57,59,63,65,69,71,82,86H,6-7,12-13,18-19,24-25,30-31,36,39,42-50,52,54-56,58,60-62,64,66-68,70,72-81H2,1-5H3/p+1/b10-8-,11-9-,16-14-,17-15-,22-20-,23-21-,28-26-,29-27-,34-32-,35-33-,38-37-,41-40-,53-51-,59-57-,65-63-,71-69-. The van der Waals surface area contributed by atoms with Crippen molar-refractivity contribution in [2.75, 3.05) is 47.5 Å². The molecule has 0 saturated heterocycles. The predicted molar refractivity (Wildman–Crippen MR) is 409 cm³/mol. The number of allylic oxidation sites excluding steroid dienone is 32. The van der Waals surface area contributed by atoms with Crippen molar-refractivity contribution in [3.63, 3.8) is 0 Å². The molecule has 0 bridgehead atoms. The number of rotatable bonds is 67. The lowest BCUT2D eigenvalue weighted by atomic mass is 10.0. The molecular weight excluding hydrogens is 1170 g/mol. The van der Waals surface area contributed by atoms with Crippen LogP contribution in [0.2, 0.25) is 0 Å². The number of unbranched alkanes of at least 4 members (excludes halogenated alkanes) is 20. The summed E-state index contributed by atoms with van der Waals surface area (Å²) in [7, 11) is 5.95. The van der Waals surface area contributed by atoms with Crippen LogP contribution in [0.4, 0.5) is 0 Å². The summed E-state index contributed by atoms with van der Waals surface area (Å²) in [5.41, 5.74) is 0. The van der Waals surface area contributed by atoms with E-state index in [1.165, 1.54) is 109 Å². The maximum absolute atomic E-state index is 12.9. The Morgan fingerprint density at radius 2 is 0.579 bits per heavy atom. The van der Waals surface area contributed by atoms with E-state index < -0.39 is 24.3 Å². The molecule has 0 aliphatic carbocycles. The third-order valence-corrected chi connectivity index (χ3v) is 15.3. The van der Waals surface area contributed by atoms with E-state index in [0.29, 0.717) is 23.9 Å². The van der Waals surface area contributed by atoms with Crippen molar-refractivity contribution in [1.82, 2.24) is 0 Å². The maximum atomic E-state index is 12.9. The molecule has 0 aromatic carbocycles. The van der Waals surface area contributed by atoms with Crippen LogP contribution in [0.15, 0.2) is 194 Å². The maximum Gasteiger partial charge on any atom is 0.361 e. The van der Waals surface area contributed by atoms with Gasteiger partial charge in [-0.25, -0.2) is 4.79 Å². The third kappa shape index (κ3) is 75.4. The van der Waals surface area contributed by atoms with E-state index in [1.807, 2.05) is 21.1 Å². The van der Waals surface area contributed by atoms with Gasteiger partial charge in [-0.05, 0) is 135 Å². The fourth-order valence-corrected chi connectivity index (χ4v) is 9.70. The van der Waals surface area contributed by atoms with Crippen LogP contribution in [-0.2, 0) is 33.3 Å². The second-order valence-corrected chi connectivity index (χ2v) is 25.5. The van der Waals surface area contributed by atoms with Crippen LogP contribution in [0.5, 0.6) is 0 Å². The summed E-state index contributed by atoms with van der Waals surface area (Å²) in [5, 5.41) is 9.75. The lowest BCUT2D eigenvalue weighted by molar-refractivity contribution is -0.870. The Morgan fingerprint density at radius 1 is 0.316 bits per heavy atom. The second-order valence-electron chi connectivity index (χ2n) is 25.5. The Balaban J connectivity index is 4.15. The number of carbonyl (C=O) groups excluding carboxylic acids is 2. The molecule has 0 aliphatic rings. The van der Waals surface area contributed by atoms with Crippen molar-refractivity contribution < 1.29 is 42.9 Å². The summed E-state index contributed by atoms with van der Waals surface area (Å²) in [5.74, 6) is -2.10. The van der Waals surface area contributed by atoms with Crippen LogP contribution < -0.4 is 0 Å². The third-order valence-electron chi connectivity index (χ3n) is 15.3. The number of carboxylic acid groups (broad SMARTS) is 1. The van der Waals surface area contributed by atoms with Crippen LogP contribution in [0.25, 0.3) is 0 Å². The molecule has 0 radical (unpaired) electrons. The quantitative estimate of drug-likeness (QED) is 0.0211. The monoisotopic (exact) mass is 1310 g/mol. The molecular formula is C86H138NO8+. The minimum absolute atomic E-state index is 0.168. The zero-order chi connectivity index (χ0) is 69.0. The van der Waals surface area contributed by atoms with Gasteiger partial charge >= 0.3 is 17.9 Å². The fraction of sp³-hybridized carbons (Fsp3) is 0.593. The number of nitrogens with zero attached hydrogens (tertiary/aromatic N) is 1. The van der Waals surface area contributed by atoms with Gasteiger partial charge in [-0.3, -0.25) is 9.59 Å². The SMILES string of the molecule is CC/C=C\C/C=C\C/C=C\C/C=C\C/C=C\C/C=C\C/C=C\C/C=C\C/C=C\CCCC(=O)OC(COC(=O)CCCCCCCCCCCCCCCCCCCCC/C=C\C/C=C\C/C=C\C/C=C\C/C=C\C/C=C\C/C=C\CC)COC(OCC[N+](C)(C)C)C(=O)O. The Hall–Kier alpha value is -5.87. The minimum Gasteiger partial charge on any atom is -0.477 e. The summed E-state index contributed by atoms with van der Waals surface area (Å²) in [6, 6.07) is 0. The first kappa shape index (κ1) is 89.1. The van der Waals surface area contributed by atoms with Crippen LogP contribution in [-0.4, -0.2) is 87.4 Å². The number of esters is 2. The Morgan fingerprint density at radius 3 is 0.874 bits per heavy atom. The van der Waals surface area contributed by atoms with Gasteiger partial charge in [-0.15, -0.1) is 0 Å². The number of likely N-dealkylation sites (N-methyl/N-ethyl adjacent to an activating group) is 1. The van der Waals surface area contributed by atoms with Crippen molar-refractivity contribution in [2.45, 2.75) is 283 Å². The first-order valence-electron chi connectivity index (χ1n) is 37.6. The highest BCUT2D eigenvalue weighted by molar-refractivity contribution is 5.71. The van der Waals surface area contributed by atoms with Gasteiger partial charge in [0, 0.05) is 12.8 Å². The van der Waals surface area contributed by atoms with Gasteiger partial charge in [0.2, 0.25) is 0 Å². The van der Waals surface area contributed by atoms with E-state index in [2.05, 4.69) is 208 Å². The van der Waals surface area contributed by atoms with Crippen LogP contribution in [0.1, 0.15) is 271 Å². The molecule has 0 fully saturated rings. The number of aliphatic carboxylic acids is 1. The number of quaternary nitrogens is 1. The van der Waals surface area contributed by atoms with Crippen molar-refractivity contribution in [2.24, 2.45) is 0 Å². The highest BCUT2D eigenvalue weighted by Gasteiger charge is 2.25. The van der Waals surface area contributed by atoms with Gasteiger partial charge in [0.25, 0.3) is 6.29 Å². The largest absolute Gasteiger partial charge is 0.477 e. The highest BCUT2D eigenvalue weighted by atomic mass is 16.7. The van der Waals surface area contributed by atoms with E-state index in [9.17, 15) is 19.5 Å². The van der Waals surface area contributed by atoms with Gasteiger partial charge in [-0.1, -0.05) is 317 Å². The number of ether oxygens (including phenoxy) is 4. The van der Waals surface area contributed by atoms with E-state index in [1.54, 1.807) is 0 Å².